The lowest BCUT2D eigenvalue weighted by atomic mass is 9.95. The van der Waals surface area contributed by atoms with Gasteiger partial charge >= 0.3 is 6.09 Å². The Hall–Kier alpha value is -1.99. The summed E-state index contributed by atoms with van der Waals surface area (Å²) in [6, 6.07) is 1.83. The Labute approximate surface area is 154 Å². The molecule has 134 valence electrons. The molecule has 0 fully saturated rings. The van der Waals surface area contributed by atoms with Crippen LogP contribution in [0.25, 0.3) is 5.57 Å². The number of aliphatic hydroxyl groups is 1. The van der Waals surface area contributed by atoms with Gasteiger partial charge in [-0.2, -0.15) is 0 Å². The molecular weight excluding hydrogens is 390 g/mol. The fourth-order valence-electron chi connectivity index (χ4n) is 3.20. The topological polar surface area (TPSA) is 68.2 Å². The molecular formula is C18H20BrNO5. The van der Waals surface area contributed by atoms with Crippen LogP contribution in [0.3, 0.4) is 0 Å². The van der Waals surface area contributed by atoms with Crippen molar-refractivity contribution in [3.63, 3.8) is 0 Å². The van der Waals surface area contributed by atoms with Crippen molar-refractivity contribution < 1.29 is 24.1 Å². The van der Waals surface area contributed by atoms with Gasteiger partial charge in [-0.25, -0.2) is 4.79 Å². The van der Waals surface area contributed by atoms with Crippen molar-refractivity contribution in [2.24, 2.45) is 0 Å². The number of halogens is 1. The molecule has 1 aromatic rings. The number of methoxy groups -OCH3 is 2. The third-order valence-corrected chi connectivity index (χ3v) is 5.16. The molecule has 2 aliphatic heterocycles. The van der Waals surface area contributed by atoms with Crippen LogP contribution in [0.5, 0.6) is 11.5 Å². The SMILES string of the molecule is C=C[C@H](O)CC1Oc2c(OC)cc(Br)c3c2C1=CCN(C(=O)OC)C3. The fourth-order valence-corrected chi connectivity index (χ4v) is 3.73. The second-order valence-corrected chi connectivity index (χ2v) is 6.75. The lowest BCUT2D eigenvalue weighted by Gasteiger charge is -2.20. The number of nitrogens with zero attached hydrogens (tertiary/aromatic N) is 1. The van der Waals surface area contributed by atoms with Crippen LogP contribution in [0.4, 0.5) is 4.79 Å². The van der Waals surface area contributed by atoms with Crippen molar-refractivity contribution in [2.45, 2.75) is 25.2 Å². The fraction of sp³-hybridized carbons (Fsp3) is 0.389. The van der Waals surface area contributed by atoms with Gasteiger partial charge in [0.15, 0.2) is 11.5 Å². The van der Waals surface area contributed by atoms with Crippen LogP contribution in [0.1, 0.15) is 17.5 Å². The minimum Gasteiger partial charge on any atom is -0.493 e. The molecule has 2 aliphatic rings. The van der Waals surface area contributed by atoms with Crippen LogP contribution in [-0.4, -0.2) is 49.1 Å². The summed E-state index contributed by atoms with van der Waals surface area (Å²) in [5, 5.41) is 9.98. The molecule has 2 heterocycles. The van der Waals surface area contributed by atoms with E-state index >= 15 is 0 Å². The third kappa shape index (κ3) is 3.14. The minimum atomic E-state index is -0.682. The van der Waals surface area contributed by atoms with Gasteiger partial charge in [0, 0.05) is 28.6 Å². The molecule has 0 bridgehead atoms. The van der Waals surface area contributed by atoms with Crippen LogP contribution in [0.15, 0.2) is 29.3 Å². The highest BCUT2D eigenvalue weighted by Gasteiger charge is 2.37. The molecule has 25 heavy (non-hydrogen) atoms. The Morgan fingerprint density at radius 3 is 3.00 bits per heavy atom. The van der Waals surface area contributed by atoms with E-state index in [1.54, 1.807) is 12.0 Å². The average Bonchev–Trinajstić information content (AvgIpc) is 2.84. The average molecular weight is 410 g/mol. The molecule has 0 saturated heterocycles. The second-order valence-electron chi connectivity index (χ2n) is 5.90. The molecule has 0 aliphatic carbocycles. The van der Waals surface area contributed by atoms with E-state index < -0.39 is 12.2 Å². The van der Waals surface area contributed by atoms with E-state index in [1.165, 1.54) is 13.2 Å². The summed E-state index contributed by atoms with van der Waals surface area (Å²) >= 11 is 3.57. The highest BCUT2D eigenvalue weighted by molar-refractivity contribution is 9.10. The number of ether oxygens (including phenoxy) is 3. The van der Waals surface area contributed by atoms with Crippen molar-refractivity contribution in [1.29, 1.82) is 0 Å². The van der Waals surface area contributed by atoms with Crippen LogP contribution >= 0.6 is 15.9 Å². The number of carbonyl (C=O) groups is 1. The number of hydrogen-bond donors (Lipinski definition) is 1. The summed E-state index contributed by atoms with van der Waals surface area (Å²) in [5.74, 6) is 1.25. The minimum absolute atomic E-state index is 0.331. The maximum atomic E-state index is 12.0. The van der Waals surface area contributed by atoms with E-state index in [1.807, 2.05) is 12.1 Å². The molecule has 1 amide bonds. The zero-order valence-electron chi connectivity index (χ0n) is 14.1. The molecule has 1 N–H and O–H groups in total. The lowest BCUT2D eigenvalue weighted by Crippen LogP contribution is -2.30. The summed E-state index contributed by atoms with van der Waals surface area (Å²) in [7, 11) is 2.95. The van der Waals surface area contributed by atoms with Gasteiger partial charge < -0.3 is 24.2 Å². The van der Waals surface area contributed by atoms with Gasteiger partial charge in [-0.1, -0.05) is 28.1 Å². The maximum absolute atomic E-state index is 12.0. The first-order chi connectivity index (χ1) is 12.0. The van der Waals surface area contributed by atoms with E-state index in [9.17, 15) is 9.90 Å². The Morgan fingerprint density at radius 2 is 2.36 bits per heavy atom. The summed E-state index contributed by atoms with van der Waals surface area (Å²) in [4.78, 5) is 13.6. The summed E-state index contributed by atoms with van der Waals surface area (Å²) in [6.07, 6.45) is 2.41. The first-order valence-electron chi connectivity index (χ1n) is 7.90. The van der Waals surface area contributed by atoms with Gasteiger partial charge in [0.05, 0.1) is 26.9 Å². The number of carbonyl (C=O) groups excluding carboxylic acids is 1. The molecule has 0 saturated carbocycles. The number of hydrogen-bond acceptors (Lipinski definition) is 5. The van der Waals surface area contributed by atoms with E-state index in [0.29, 0.717) is 31.0 Å². The van der Waals surface area contributed by atoms with E-state index in [4.69, 9.17) is 14.2 Å². The monoisotopic (exact) mass is 409 g/mol. The van der Waals surface area contributed by atoms with E-state index in [-0.39, 0.29) is 6.10 Å². The van der Waals surface area contributed by atoms with Gasteiger partial charge in [-0.3, -0.25) is 0 Å². The number of benzene rings is 1. The van der Waals surface area contributed by atoms with Crippen LogP contribution in [0, 0.1) is 0 Å². The van der Waals surface area contributed by atoms with Gasteiger partial charge in [-0.05, 0) is 11.6 Å². The smallest absolute Gasteiger partial charge is 0.410 e. The Kier molecular flexibility index (Phi) is 5.06. The first kappa shape index (κ1) is 17.8. The molecule has 1 aromatic carbocycles. The maximum Gasteiger partial charge on any atom is 0.410 e. The van der Waals surface area contributed by atoms with E-state index in [2.05, 4.69) is 22.5 Å². The summed E-state index contributed by atoms with van der Waals surface area (Å²) in [5.41, 5.74) is 2.79. The Morgan fingerprint density at radius 1 is 1.60 bits per heavy atom. The van der Waals surface area contributed by atoms with Crippen molar-refractivity contribution in [1.82, 2.24) is 4.90 Å². The Bertz CT molecular complexity index is 745. The summed E-state index contributed by atoms with van der Waals surface area (Å²) < 4.78 is 17.3. The van der Waals surface area contributed by atoms with Crippen molar-refractivity contribution in [3.05, 3.63) is 40.4 Å². The molecule has 7 heteroatoms. The predicted molar refractivity (Wildman–Crippen MR) is 96.7 cm³/mol. The molecule has 3 rings (SSSR count). The van der Waals surface area contributed by atoms with Crippen molar-refractivity contribution in [3.8, 4) is 11.5 Å². The highest BCUT2D eigenvalue weighted by atomic mass is 79.9. The Balaban J connectivity index is 2.10. The van der Waals surface area contributed by atoms with Crippen molar-refractivity contribution >= 4 is 27.6 Å². The molecule has 6 nitrogen and oxygen atoms in total. The van der Waals surface area contributed by atoms with E-state index in [0.717, 1.165) is 21.2 Å². The molecule has 1 unspecified atom stereocenters. The quantitative estimate of drug-likeness (QED) is 0.773. The van der Waals surface area contributed by atoms with Gasteiger partial charge in [0.2, 0.25) is 0 Å². The van der Waals surface area contributed by atoms with Crippen molar-refractivity contribution in [2.75, 3.05) is 20.8 Å². The largest absolute Gasteiger partial charge is 0.493 e. The predicted octanol–water partition coefficient (Wildman–Crippen LogP) is 3.12. The lowest BCUT2D eigenvalue weighted by molar-refractivity contribution is 0.125. The second kappa shape index (κ2) is 7.09. The van der Waals surface area contributed by atoms with Crippen LogP contribution in [0.2, 0.25) is 0 Å². The van der Waals surface area contributed by atoms with Crippen LogP contribution < -0.4 is 9.47 Å². The highest BCUT2D eigenvalue weighted by Crippen LogP contribution is 2.50. The number of rotatable bonds is 4. The van der Waals surface area contributed by atoms with Gasteiger partial charge in [0.25, 0.3) is 0 Å². The normalized spacial score (nSPS) is 19.3. The number of aliphatic hydroxyl groups excluding tert-OH is 1. The molecule has 0 spiro atoms. The van der Waals surface area contributed by atoms with Gasteiger partial charge in [0.1, 0.15) is 6.10 Å². The van der Waals surface area contributed by atoms with Gasteiger partial charge in [-0.15, -0.1) is 6.58 Å². The van der Waals surface area contributed by atoms with Crippen LogP contribution in [-0.2, 0) is 11.3 Å². The summed E-state index contributed by atoms with van der Waals surface area (Å²) in [6.45, 7) is 4.41. The molecule has 0 aromatic heterocycles. The molecule has 2 atom stereocenters. The zero-order valence-corrected chi connectivity index (χ0v) is 15.7. The molecule has 0 radical (unpaired) electrons. The number of amides is 1. The first-order valence-corrected chi connectivity index (χ1v) is 8.69. The zero-order chi connectivity index (χ0) is 18.1. The standard InChI is InChI=1S/C18H20BrNO5/c1-4-10(21)7-14-11-5-6-20(18(22)24-3)9-12-13(19)8-15(23-2)17(25-14)16(11)12/h4-5,8,10,14,21H,1,6-7,9H2,2-3H3/t10-,14?/m0/s1. The third-order valence-electron chi connectivity index (χ3n) is 4.46.